The van der Waals surface area contributed by atoms with Crippen LogP contribution in [0.4, 0.5) is 17.1 Å². The summed E-state index contributed by atoms with van der Waals surface area (Å²) in [4.78, 5) is 23.7. The summed E-state index contributed by atoms with van der Waals surface area (Å²) in [5, 5.41) is 16.9. The third-order valence-corrected chi connectivity index (χ3v) is 6.93. The summed E-state index contributed by atoms with van der Waals surface area (Å²) in [7, 11) is -2.18. The smallest absolute Gasteiger partial charge is 0.270 e. The number of nitro groups is 1. The van der Waals surface area contributed by atoms with Gasteiger partial charge in [-0.05, 0) is 30.7 Å². The average Bonchev–Trinajstić information content (AvgIpc) is 2.76. The maximum atomic E-state index is 13.0. The van der Waals surface area contributed by atoms with Gasteiger partial charge in [-0.3, -0.25) is 14.9 Å². The molecule has 2 rings (SSSR count). The van der Waals surface area contributed by atoms with Crippen LogP contribution in [0.15, 0.2) is 41.3 Å². The van der Waals surface area contributed by atoms with Crippen LogP contribution in [0.3, 0.4) is 0 Å². The van der Waals surface area contributed by atoms with Gasteiger partial charge in [-0.25, -0.2) is 8.42 Å². The van der Waals surface area contributed by atoms with Crippen LogP contribution in [0.2, 0.25) is 0 Å². The van der Waals surface area contributed by atoms with Gasteiger partial charge in [-0.2, -0.15) is 4.31 Å². The van der Waals surface area contributed by atoms with E-state index in [0.29, 0.717) is 43.2 Å². The maximum Gasteiger partial charge on any atom is 0.270 e. The number of rotatable bonds is 11. The van der Waals surface area contributed by atoms with Crippen molar-refractivity contribution in [2.75, 3.05) is 44.0 Å². The van der Waals surface area contributed by atoms with Crippen LogP contribution in [0.25, 0.3) is 0 Å². The van der Waals surface area contributed by atoms with E-state index in [0.717, 1.165) is 0 Å². The zero-order valence-corrected chi connectivity index (χ0v) is 19.4. The van der Waals surface area contributed by atoms with Gasteiger partial charge in [0.05, 0.1) is 22.0 Å². The standard InChI is InChI=1S/C21H28N4O6S/c1-5-24(6-2)32(29,30)17-9-7-15(3)20(14-17)23-21(26)18-13-16(25(27)28)8-10-19(18)22-11-12-31-4/h7-10,13-14,22H,5-6,11-12H2,1-4H3,(H,23,26). The second-order valence-corrected chi connectivity index (χ2v) is 8.86. The fraction of sp³-hybridized carbons (Fsp3) is 0.381. The molecule has 0 aromatic heterocycles. The number of amides is 1. The minimum atomic E-state index is -3.72. The largest absolute Gasteiger partial charge is 0.383 e. The zero-order valence-electron chi connectivity index (χ0n) is 18.5. The molecular weight excluding hydrogens is 436 g/mol. The van der Waals surface area contributed by atoms with Gasteiger partial charge in [0.25, 0.3) is 11.6 Å². The molecule has 0 saturated heterocycles. The second-order valence-electron chi connectivity index (χ2n) is 6.93. The molecule has 1 amide bonds. The lowest BCUT2D eigenvalue weighted by Crippen LogP contribution is -2.30. The first-order valence-corrected chi connectivity index (χ1v) is 11.5. The number of carbonyl (C=O) groups is 1. The minimum absolute atomic E-state index is 0.0552. The lowest BCUT2D eigenvalue weighted by atomic mass is 10.1. The predicted octanol–water partition coefficient (Wildman–Crippen LogP) is 3.24. The van der Waals surface area contributed by atoms with Crippen LogP contribution < -0.4 is 10.6 Å². The van der Waals surface area contributed by atoms with Crippen molar-refractivity contribution in [2.45, 2.75) is 25.7 Å². The molecular formula is C21H28N4O6S. The number of non-ortho nitro benzene ring substituents is 1. The summed E-state index contributed by atoms with van der Waals surface area (Å²) in [6.45, 7) is 6.64. The molecule has 0 radical (unpaired) electrons. The zero-order chi connectivity index (χ0) is 23.9. The highest BCUT2D eigenvalue weighted by atomic mass is 32.2. The Labute approximate surface area is 187 Å². The van der Waals surface area contributed by atoms with Crippen molar-refractivity contribution in [1.29, 1.82) is 0 Å². The van der Waals surface area contributed by atoms with Crippen LogP contribution in [-0.4, -0.2) is 56.9 Å². The van der Waals surface area contributed by atoms with E-state index in [9.17, 15) is 23.3 Å². The number of nitrogens with one attached hydrogen (secondary N) is 2. The fourth-order valence-corrected chi connectivity index (χ4v) is 4.56. The van der Waals surface area contributed by atoms with E-state index in [-0.39, 0.29) is 16.1 Å². The van der Waals surface area contributed by atoms with Crippen molar-refractivity contribution in [3.63, 3.8) is 0 Å². The van der Waals surface area contributed by atoms with Gasteiger partial charge in [0.15, 0.2) is 0 Å². The van der Waals surface area contributed by atoms with E-state index in [1.165, 1.54) is 41.7 Å². The Morgan fingerprint density at radius 2 is 1.81 bits per heavy atom. The number of hydrogen-bond donors (Lipinski definition) is 2. The number of aryl methyl sites for hydroxylation is 1. The molecule has 32 heavy (non-hydrogen) atoms. The summed E-state index contributed by atoms with van der Waals surface area (Å²) in [6, 6.07) is 8.43. The molecule has 0 atom stereocenters. The highest BCUT2D eigenvalue weighted by Gasteiger charge is 2.23. The Morgan fingerprint density at radius 1 is 1.12 bits per heavy atom. The van der Waals surface area contributed by atoms with Crippen molar-refractivity contribution >= 4 is 33.0 Å². The van der Waals surface area contributed by atoms with E-state index < -0.39 is 20.9 Å². The second kappa shape index (κ2) is 11.0. The maximum absolute atomic E-state index is 13.0. The molecule has 0 aliphatic carbocycles. The summed E-state index contributed by atoms with van der Waals surface area (Å²) >= 11 is 0. The number of nitro benzene ring substituents is 1. The topological polar surface area (TPSA) is 131 Å². The summed E-state index contributed by atoms with van der Waals surface area (Å²) < 4.78 is 32.0. The third kappa shape index (κ3) is 5.81. The first kappa shape index (κ1) is 25.2. The molecule has 0 saturated carbocycles. The fourth-order valence-electron chi connectivity index (χ4n) is 3.07. The quantitative estimate of drug-likeness (QED) is 0.296. The number of carbonyl (C=O) groups excluding carboxylic acids is 1. The Hall–Kier alpha value is -3.02. The van der Waals surface area contributed by atoms with Gasteiger partial charge in [0.1, 0.15) is 0 Å². The number of methoxy groups -OCH3 is 1. The summed E-state index contributed by atoms with van der Waals surface area (Å²) in [6.07, 6.45) is 0. The van der Waals surface area contributed by atoms with Gasteiger partial charge < -0.3 is 15.4 Å². The molecule has 2 aromatic rings. The van der Waals surface area contributed by atoms with E-state index >= 15 is 0 Å². The third-order valence-electron chi connectivity index (χ3n) is 4.88. The summed E-state index contributed by atoms with van der Waals surface area (Å²) in [5.74, 6) is -0.603. The van der Waals surface area contributed by atoms with Crippen molar-refractivity contribution in [2.24, 2.45) is 0 Å². The lowest BCUT2D eigenvalue weighted by molar-refractivity contribution is -0.384. The molecule has 0 fully saturated rings. The molecule has 10 nitrogen and oxygen atoms in total. The molecule has 2 N–H and O–H groups in total. The number of hydrogen-bond acceptors (Lipinski definition) is 7. The normalized spacial score (nSPS) is 11.4. The van der Waals surface area contributed by atoms with Gasteiger partial charge in [0, 0.05) is 50.3 Å². The van der Waals surface area contributed by atoms with E-state index in [4.69, 9.17) is 4.74 Å². The Kier molecular flexibility index (Phi) is 8.70. The molecule has 0 bridgehead atoms. The average molecular weight is 465 g/mol. The van der Waals surface area contributed by atoms with Crippen molar-refractivity contribution < 1.29 is 22.9 Å². The number of anilines is 2. The van der Waals surface area contributed by atoms with Crippen LogP contribution in [0.1, 0.15) is 29.8 Å². The number of ether oxygens (including phenoxy) is 1. The number of nitrogens with zero attached hydrogens (tertiary/aromatic N) is 2. The molecule has 174 valence electrons. The van der Waals surface area contributed by atoms with Gasteiger partial charge in [-0.1, -0.05) is 19.9 Å². The van der Waals surface area contributed by atoms with Gasteiger partial charge >= 0.3 is 0 Å². The molecule has 0 spiro atoms. The molecule has 0 heterocycles. The van der Waals surface area contributed by atoms with Crippen LogP contribution in [0.5, 0.6) is 0 Å². The van der Waals surface area contributed by atoms with Crippen molar-refractivity contribution in [3.8, 4) is 0 Å². The Balaban J connectivity index is 2.42. The first-order valence-electron chi connectivity index (χ1n) is 10.1. The predicted molar refractivity (Wildman–Crippen MR) is 123 cm³/mol. The summed E-state index contributed by atoms with van der Waals surface area (Å²) in [5.41, 5.74) is 1.18. The van der Waals surface area contributed by atoms with Crippen molar-refractivity contribution in [1.82, 2.24) is 4.31 Å². The minimum Gasteiger partial charge on any atom is -0.383 e. The monoisotopic (exact) mass is 464 g/mol. The van der Waals surface area contributed by atoms with E-state index in [2.05, 4.69) is 10.6 Å². The highest BCUT2D eigenvalue weighted by Crippen LogP contribution is 2.26. The molecule has 0 unspecified atom stereocenters. The van der Waals surface area contributed by atoms with Gasteiger partial charge in [-0.15, -0.1) is 0 Å². The molecule has 11 heteroatoms. The number of benzene rings is 2. The first-order chi connectivity index (χ1) is 15.1. The van der Waals surface area contributed by atoms with Crippen LogP contribution in [-0.2, 0) is 14.8 Å². The van der Waals surface area contributed by atoms with Crippen molar-refractivity contribution in [3.05, 3.63) is 57.6 Å². The molecule has 0 aliphatic rings. The highest BCUT2D eigenvalue weighted by molar-refractivity contribution is 7.89. The SMILES string of the molecule is CCN(CC)S(=O)(=O)c1ccc(C)c(NC(=O)c2cc([N+](=O)[O-])ccc2NCCOC)c1. The lowest BCUT2D eigenvalue weighted by Gasteiger charge is -2.19. The molecule has 0 aliphatic heterocycles. The van der Waals surface area contributed by atoms with Crippen LogP contribution in [0, 0.1) is 17.0 Å². The number of sulfonamides is 1. The van der Waals surface area contributed by atoms with Gasteiger partial charge in [0.2, 0.25) is 10.0 Å². The molecule has 2 aromatic carbocycles. The van der Waals surface area contributed by atoms with E-state index in [1.807, 2.05) is 0 Å². The van der Waals surface area contributed by atoms with E-state index in [1.54, 1.807) is 26.8 Å². The Bertz CT molecular complexity index is 1080. The Morgan fingerprint density at radius 3 is 2.41 bits per heavy atom. The van der Waals surface area contributed by atoms with Crippen LogP contribution >= 0.6 is 0 Å².